The molecule has 144 valence electrons. The molecule has 0 aliphatic heterocycles. The van der Waals surface area contributed by atoms with Crippen LogP contribution in [0, 0.1) is 5.82 Å². The minimum absolute atomic E-state index is 0.0115. The highest BCUT2D eigenvalue weighted by atomic mass is 32.2. The van der Waals surface area contributed by atoms with E-state index in [9.17, 15) is 22.4 Å². The van der Waals surface area contributed by atoms with Crippen LogP contribution in [-0.4, -0.2) is 26.7 Å². The minimum atomic E-state index is -4.15. The quantitative estimate of drug-likeness (QED) is 0.673. The van der Waals surface area contributed by atoms with E-state index in [0.717, 1.165) is 35.0 Å². The van der Waals surface area contributed by atoms with Crippen molar-refractivity contribution in [2.75, 3.05) is 0 Å². The number of fused-ring (bicyclic) bond motifs is 1. The Morgan fingerprint density at radius 2 is 1.52 bits per heavy atom. The first kappa shape index (κ1) is 19.0. The van der Waals surface area contributed by atoms with Crippen molar-refractivity contribution in [3.8, 4) is 0 Å². The maximum Gasteiger partial charge on any atom is 0.333 e. The average Bonchev–Trinajstić information content (AvgIpc) is 3.00. The van der Waals surface area contributed by atoms with Crippen LogP contribution in [0.5, 0.6) is 0 Å². The van der Waals surface area contributed by atoms with Crippen LogP contribution >= 0.6 is 0 Å². The number of rotatable bonds is 4. The van der Waals surface area contributed by atoms with Crippen LogP contribution in [0.3, 0.4) is 0 Å². The SMILES string of the molecule is CC(C)n1c(=O)c2cn(S(=O)(=O)c3ccc(F)cc3)nc2n(C(C)C)c1=O. The number of hydrogen-bond donors (Lipinski definition) is 0. The van der Waals surface area contributed by atoms with Gasteiger partial charge in [0.25, 0.3) is 15.6 Å². The van der Waals surface area contributed by atoms with Crippen LogP contribution in [-0.2, 0) is 10.0 Å². The van der Waals surface area contributed by atoms with Crippen LogP contribution in [0.2, 0.25) is 0 Å². The van der Waals surface area contributed by atoms with E-state index in [1.54, 1.807) is 27.7 Å². The molecule has 8 nitrogen and oxygen atoms in total. The molecule has 1 aromatic carbocycles. The van der Waals surface area contributed by atoms with Gasteiger partial charge in [-0.15, -0.1) is 5.10 Å². The first-order valence-corrected chi connectivity index (χ1v) is 9.77. The van der Waals surface area contributed by atoms with Crippen molar-refractivity contribution in [1.29, 1.82) is 0 Å². The third-order valence-electron chi connectivity index (χ3n) is 4.15. The van der Waals surface area contributed by atoms with E-state index in [2.05, 4.69) is 5.10 Å². The van der Waals surface area contributed by atoms with E-state index in [1.807, 2.05) is 0 Å². The fourth-order valence-corrected chi connectivity index (χ4v) is 3.98. The molecule has 0 spiro atoms. The third kappa shape index (κ3) is 2.99. The van der Waals surface area contributed by atoms with E-state index >= 15 is 0 Å². The smallest absolute Gasteiger partial charge is 0.273 e. The Morgan fingerprint density at radius 1 is 0.963 bits per heavy atom. The Bertz CT molecular complexity index is 1230. The fourth-order valence-electron chi connectivity index (χ4n) is 2.85. The van der Waals surface area contributed by atoms with Gasteiger partial charge in [-0.05, 0) is 52.0 Å². The zero-order valence-electron chi connectivity index (χ0n) is 15.2. The number of nitrogens with zero attached hydrogens (tertiary/aromatic N) is 4. The van der Waals surface area contributed by atoms with Crippen molar-refractivity contribution in [2.45, 2.75) is 44.7 Å². The van der Waals surface area contributed by atoms with E-state index in [4.69, 9.17) is 0 Å². The lowest BCUT2D eigenvalue weighted by atomic mass is 10.3. The Morgan fingerprint density at radius 3 is 2.04 bits per heavy atom. The molecule has 10 heteroatoms. The van der Waals surface area contributed by atoms with Gasteiger partial charge in [0.15, 0.2) is 5.65 Å². The second kappa shape index (κ2) is 6.45. The maximum atomic E-state index is 13.1. The third-order valence-corrected chi connectivity index (χ3v) is 5.70. The normalized spacial score (nSPS) is 12.4. The lowest BCUT2D eigenvalue weighted by molar-refractivity contribution is 0.486. The molecule has 0 saturated carbocycles. The summed E-state index contributed by atoms with van der Waals surface area (Å²) in [7, 11) is -4.15. The molecule has 3 rings (SSSR count). The summed E-state index contributed by atoms with van der Waals surface area (Å²) in [6.07, 6.45) is 1.09. The molecule has 0 N–H and O–H groups in total. The molecule has 2 aromatic heterocycles. The maximum absolute atomic E-state index is 13.1. The molecule has 0 bridgehead atoms. The predicted molar refractivity (Wildman–Crippen MR) is 98.0 cm³/mol. The van der Waals surface area contributed by atoms with E-state index in [-0.39, 0.29) is 22.0 Å². The molecule has 0 atom stereocenters. The first-order valence-electron chi connectivity index (χ1n) is 8.33. The van der Waals surface area contributed by atoms with Crippen molar-refractivity contribution >= 4 is 21.1 Å². The fraction of sp³-hybridized carbons (Fsp3) is 0.353. The first-order chi connectivity index (χ1) is 12.6. The molecule has 3 aromatic rings. The summed E-state index contributed by atoms with van der Waals surface area (Å²) in [4.78, 5) is 25.3. The molecule has 0 fully saturated rings. The van der Waals surface area contributed by atoms with Crippen molar-refractivity contribution in [3.63, 3.8) is 0 Å². The number of benzene rings is 1. The van der Waals surface area contributed by atoms with Gasteiger partial charge in [0.2, 0.25) is 0 Å². The van der Waals surface area contributed by atoms with Crippen molar-refractivity contribution in [1.82, 2.24) is 18.3 Å². The molecule has 0 amide bonds. The molecule has 27 heavy (non-hydrogen) atoms. The number of hydrogen-bond acceptors (Lipinski definition) is 5. The van der Waals surface area contributed by atoms with E-state index < -0.39 is 33.1 Å². The Balaban J connectivity index is 2.37. The standard InChI is InChI=1S/C17H19FN4O4S/c1-10(2)21-15-14(16(23)22(11(3)4)17(21)24)9-20(19-15)27(25,26)13-7-5-12(18)6-8-13/h5-11H,1-4H3. The average molecular weight is 394 g/mol. The van der Waals surface area contributed by atoms with Gasteiger partial charge >= 0.3 is 5.69 Å². The molecule has 0 saturated heterocycles. The highest BCUT2D eigenvalue weighted by Crippen LogP contribution is 2.18. The van der Waals surface area contributed by atoms with Crippen molar-refractivity contribution < 1.29 is 12.8 Å². The van der Waals surface area contributed by atoms with Gasteiger partial charge in [0, 0.05) is 12.1 Å². The lowest BCUT2D eigenvalue weighted by Crippen LogP contribution is -2.41. The van der Waals surface area contributed by atoms with Crippen LogP contribution in [0.4, 0.5) is 4.39 Å². The molecule has 2 heterocycles. The summed E-state index contributed by atoms with van der Waals surface area (Å²) in [5, 5.41) is 4.03. The summed E-state index contributed by atoms with van der Waals surface area (Å²) in [5.41, 5.74) is -1.17. The summed E-state index contributed by atoms with van der Waals surface area (Å²) < 4.78 is 41.7. The predicted octanol–water partition coefficient (Wildman–Crippen LogP) is 1.90. The molecular formula is C17H19FN4O4S. The number of halogens is 1. The van der Waals surface area contributed by atoms with Gasteiger partial charge in [0.1, 0.15) is 11.2 Å². The molecule has 0 radical (unpaired) electrons. The van der Waals surface area contributed by atoms with Gasteiger partial charge < -0.3 is 0 Å². The van der Waals surface area contributed by atoms with Gasteiger partial charge in [0.05, 0.1) is 11.1 Å². The lowest BCUT2D eigenvalue weighted by Gasteiger charge is -2.15. The van der Waals surface area contributed by atoms with Crippen LogP contribution in [0.25, 0.3) is 11.0 Å². The van der Waals surface area contributed by atoms with Crippen LogP contribution in [0.15, 0.2) is 44.9 Å². The van der Waals surface area contributed by atoms with Gasteiger partial charge in [-0.3, -0.25) is 13.9 Å². The Labute approximate surface area is 154 Å². The minimum Gasteiger partial charge on any atom is -0.273 e. The number of aromatic nitrogens is 4. The second-order valence-electron chi connectivity index (χ2n) is 6.71. The second-order valence-corrected chi connectivity index (χ2v) is 8.51. The van der Waals surface area contributed by atoms with Gasteiger partial charge in [-0.2, -0.15) is 12.5 Å². The Kier molecular flexibility index (Phi) is 4.54. The summed E-state index contributed by atoms with van der Waals surface area (Å²) >= 11 is 0. The molecule has 0 aliphatic carbocycles. The molecular weight excluding hydrogens is 375 g/mol. The highest BCUT2D eigenvalue weighted by molar-refractivity contribution is 7.89. The Hall–Kier alpha value is -2.75. The van der Waals surface area contributed by atoms with Crippen LogP contribution in [0.1, 0.15) is 39.8 Å². The highest BCUT2D eigenvalue weighted by Gasteiger charge is 2.24. The summed E-state index contributed by atoms with van der Waals surface area (Å²) in [6.45, 7) is 6.87. The monoisotopic (exact) mass is 394 g/mol. The zero-order valence-corrected chi connectivity index (χ0v) is 16.1. The van der Waals surface area contributed by atoms with E-state index in [0.29, 0.717) is 4.09 Å². The van der Waals surface area contributed by atoms with Gasteiger partial charge in [-0.25, -0.2) is 9.18 Å². The van der Waals surface area contributed by atoms with Crippen molar-refractivity contribution in [2.24, 2.45) is 0 Å². The zero-order chi connectivity index (χ0) is 20.1. The van der Waals surface area contributed by atoms with Crippen LogP contribution < -0.4 is 11.2 Å². The van der Waals surface area contributed by atoms with Crippen molar-refractivity contribution in [3.05, 3.63) is 57.1 Å². The largest absolute Gasteiger partial charge is 0.333 e. The van der Waals surface area contributed by atoms with E-state index in [1.165, 1.54) is 4.57 Å². The summed E-state index contributed by atoms with van der Waals surface area (Å²) in [6, 6.07) is 3.51. The summed E-state index contributed by atoms with van der Waals surface area (Å²) in [5.74, 6) is -0.576. The van der Waals surface area contributed by atoms with Gasteiger partial charge in [-0.1, -0.05) is 0 Å². The molecule has 0 unspecified atom stereocenters. The molecule has 0 aliphatic rings. The topological polar surface area (TPSA) is 96.0 Å².